The first-order valence-electron chi connectivity index (χ1n) is 8.19. The van der Waals surface area contributed by atoms with Crippen molar-refractivity contribution >= 4 is 29.1 Å². The van der Waals surface area contributed by atoms with Crippen LogP contribution in [-0.2, 0) is 0 Å². The average molecular weight is 355 g/mol. The van der Waals surface area contributed by atoms with Crippen molar-refractivity contribution < 1.29 is 9.53 Å². The van der Waals surface area contributed by atoms with Crippen molar-refractivity contribution in [3.05, 3.63) is 47.4 Å². The maximum Gasteiger partial charge on any atom is 0.283 e. The van der Waals surface area contributed by atoms with E-state index in [1.165, 1.54) is 11.3 Å². The highest BCUT2D eigenvalue weighted by Crippen LogP contribution is 2.34. The predicted molar refractivity (Wildman–Crippen MR) is 103 cm³/mol. The number of allylic oxidation sites excluding steroid dienone is 2. The molecular formula is C19H21N3O2S. The van der Waals surface area contributed by atoms with E-state index < -0.39 is 0 Å². The third-order valence-corrected chi connectivity index (χ3v) is 5.30. The molecule has 1 aliphatic carbocycles. The van der Waals surface area contributed by atoms with Gasteiger partial charge in [-0.25, -0.2) is 5.43 Å². The summed E-state index contributed by atoms with van der Waals surface area (Å²) in [5.41, 5.74) is 10.1. The number of nitrogen functional groups attached to an aromatic ring is 1. The zero-order valence-corrected chi connectivity index (χ0v) is 14.9. The number of hydrogen-bond acceptors (Lipinski definition) is 5. The molecule has 3 N–H and O–H groups in total. The van der Waals surface area contributed by atoms with E-state index in [-0.39, 0.29) is 5.91 Å². The molecular weight excluding hydrogens is 334 g/mol. The maximum absolute atomic E-state index is 12.3. The fourth-order valence-electron chi connectivity index (χ4n) is 2.68. The van der Waals surface area contributed by atoms with E-state index in [1.54, 1.807) is 7.11 Å². The minimum Gasteiger partial charge on any atom is -0.497 e. The van der Waals surface area contributed by atoms with Gasteiger partial charge in [0, 0.05) is 11.1 Å². The second-order valence-corrected chi connectivity index (χ2v) is 6.94. The molecule has 25 heavy (non-hydrogen) atoms. The Morgan fingerprint density at radius 3 is 2.84 bits per heavy atom. The largest absolute Gasteiger partial charge is 0.497 e. The summed E-state index contributed by atoms with van der Waals surface area (Å²) < 4.78 is 5.16. The van der Waals surface area contributed by atoms with Crippen LogP contribution < -0.4 is 15.9 Å². The SMILES string of the molecule is COc1ccc(-c2cc(N)c(C(=O)N/N=C\[C@H]3CC=CCC3)s2)cc1. The second-order valence-electron chi connectivity index (χ2n) is 5.89. The summed E-state index contributed by atoms with van der Waals surface area (Å²) in [6.07, 6.45) is 9.25. The number of nitrogens with two attached hydrogens (primary N) is 1. The van der Waals surface area contributed by atoms with Crippen LogP contribution in [0.2, 0.25) is 0 Å². The molecule has 0 saturated carbocycles. The maximum atomic E-state index is 12.3. The Balaban J connectivity index is 1.67. The molecule has 1 atom stereocenters. The molecule has 0 radical (unpaired) electrons. The van der Waals surface area contributed by atoms with E-state index in [1.807, 2.05) is 36.5 Å². The van der Waals surface area contributed by atoms with Gasteiger partial charge < -0.3 is 10.5 Å². The van der Waals surface area contributed by atoms with Crippen molar-refractivity contribution in [2.45, 2.75) is 19.3 Å². The Morgan fingerprint density at radius 1 is 1.36 bits per heavy atom. The number of carbonyl (C=O) groups excluding carboxylic acids is 1. The molecule has 0 bridgehead atoms. The lowest BCUT2D eigenvalue weighted by Gasteiger charge is -2.11. The van der Waals surface area contributed by atoms with E-state index in [9.17, 15) is 4.79 Å². The molecule has 1 heterocycles. The third-order valence-electron chi connectivity index (χ3n) is 4.10. The molecule has 1 amide bonds. The molecule has 0 unspecified atom stereocenters. The van der Waals surface area contributed by atoms with Crippen molar-refractivity contribution in [3.8, 4) is 16.2 Å². The average Bonchev–Trinajstić information content (AvgIpc) is 3.04. The van der Waals surface area contributed by atoms with Gasteiger partial charge in [-0.15, -0.1) is 11.3 Å². The standard InChI is InChI=1S/C19H21N3O2S/c1-24-15-9-7-14(8-10-15)17-11-16(20)18(25-17)19(23)22-21-12-13-5-3-2-4-6-13/h2-3,7-13H,4-6,20H2,1H3,(H,22,23)/b21-12-/t13-/m0/s1. The zero-order chi connectivity index (χ0) is 17.6. The fourth-order valence-corrected chi connectivity index (χ4v) is 3.66. The number of carbonyl (C=O) groups is 1. The molecule has 5 nitrogen and oxygen atoms in total. The Kier molecular flexibility index (Phi) is 5.50. The van der Waals surface area contributed by atoms with Gasteiger partial charge in [-0.2, -0.15) is 5.10 Å². The highest BCUT2D eigenvalue weighted by atomic mass is 32.1. The Morgan fingerprint density at radius 2 is 2.16 bits per heavy atom. The number of hydrogen-bond donors (Lipinski definition) is 2. The Labute approximate surface area is 151 Å². The summed E-state index contributed by atoms with van der Waals surface area (Å²) in [5.74, 6) is 0.906. The van der Waals surface area contributed by atoms with Crippen LogP contribution in [0.4, 0.5) is 5.69 Å². The second kappa shape index (κ2) is 7.98. The summed E-state index contributed by atoms with van der Waals surface area (Å²) in [5, 5.41) is 4.09. The molecule has 0 spiro atoms. The summed E-state index contributed by atoms with van der Waals surface area (Å²) in [6.45, 7) is 0. The molecule has 1 aliphatic rings. The van der Waals surface area contributed by atoms with Crippen molar-refractivity contribution in [2.24, 2.45) is 11.0 Å². The smallest absolute Gasteiger partial charge is 0.283 e. The molecule has 3 rings (SSSR count). The molecule has 2 aromatic rings. The van der Waals surface area contributed by atoms with Crippen molar-refractivity contribution in [3.63, 3.8) is 0 Å². The van der Waals surface area contributed by atoms with Gasteiger partial charge in [0.15, 0.2) is 0 Å². The van der Waals surface area contributed by atoms with E-state index in [4.69, 9.17) is 10.5 Å². The van der Waals surface area contributed by atoms with Crippen molar-refractivity contribution in [1.29, 1.82) is 0 Å². The zero-order valence-electron chi connectivity index (χ0n) is 14.1. The number of rotatable bonds is 5. The van der Waals surface area contributed by atoms with E-state index in [0.717, 1.165) is 35.5 Å². The number of amides is 1. The van der Waals surface area contributed by atoms with Crippen LogP contribution in [0, 0.1) is 5.92 Å². The van der Waals surface area contributed by atoms with Crippen molar-refractivity contribution in [1.82, 2.24) is 5.43 Å². The van der Waals surface area contributed by atoms with Gasteiger partial charge in [-0.3, -0.25) is 4.79 Å². The van der Waals surface area contributed by atoms with Crippen LogP contribution in [-0.4, -0.2) is 19.2 Å². The highest BCUT2D eigenvalue weighted by molar-refractivity contribution is 7.18. The predicted octanol–water partition coefficient (Wildman–Crippen LogP) is 4.08. The highest BCUT2D eigenvalue weighted by Gasteiger charge is 2.15. The first-order valence-corrected chi connectivity index (χ1v) is 9.01. The fraction of sp³-hybridized carbons (Fsp3) is 0.263. The van der Waals surface area contributed by atoms with E-state index in [0.29, 0.717) is 16.5 Å². The first-order chi connectivity index (χ1) is 12.2. The Hall–Kier alpha value is -2.60. The third kappa shape index (κ3) is 4.28. The molecule has 0 fully saturated rings. The van der Waals surface area contributed by atoms with Gasteiger partial charge in [0.05, 0.1) is 12.8 Å². The van der Waals surface area contributed by atoms with E-state index in [2.05, 4.69) is 22.7 Å². The molecule has 0 saturated heterocycles. The number of benzene rings is 1. The number of ether oxygens (including phenoxy) is 1. The summed E-state index contributed by atoms with van der Waals surface area (Å²) in [7, 11) is 1.63. The van der Waals surface area contributed by atoms with Gasteiger partial charge in [-0.1, -0.05) is 12.2 Å². The lowest BCUT2D eigenvalue weighted by atomic mass is 9.96. The lowest BCUT2D eigenvalue weighted by Crippen LogP contribution is -2.18. The molecule has 130 valence electrons. The summed E-state index contributed by atoms with van der Waals surface area (Å²) in [4.78, 5) is 13.7. The van der Waals surface area contributed by atoms with E-state index >= 15 is 0 Å². The molecule has 0 aliphatic heterocycles. The first kappa shape index (κ1) is 17.2. The quantitative estimate of drug-likeness (QED) is 0.482. The normalized spacial score (nSPS) is 16.9. The summed E-state index contributed by atoms with van der Waals surface area (Å²) in [6, 6.07) is 9.47. The number of nitrogens with zero attached hydrogens (tertiary/aromatic N) is 1. The van der Waals surface area contributed by atoms with Gasteiger partial charge >= 0.3 is 0 Å². The molecule has 1 aromatic carbocycles. The summed E-state index contributed by atoms with van der Waals surface area (Å²) >= 11 is 1.36. The molecule has 6 heteroatoms. The van der Waals surface area contributed by atoms with Gasteiger partial charge in [-0.05, 0) is 61.1 Å². The number of hydrazone groups is 1. The Bertz CT molecular complexity index is 794. The number of anilines is 1. The van der Waals surface area contributed by atoms with Crippen LogP contribution in [0.3, 0.4) is 0 Å². The van der Waals surface area contributed by atoms with Crippen LogP contribution in [0.15, 0.2) is 47.6 Å². The van der Waals surface area contributed by atoms with Gasteiger partial charge in [0.25, 0.3) is 5.91 Å². The number of nitrogens with one attached hydrogen (secondary N) is 1. The lowest BCUT2D eigenvalue weighted by molar-refractivity contribution is 0.0959. The van der Waals surface area contributed by atoms with Crippen LogP contribution in [0.5, 0.6) is 5.75 Å². The van der Waals surface area contributed by atoms with Gasteiger partial charge in [0.2, 0.25) is 0 Å². The van der Waals surface area contributed by atoms with Gasteiger partial charge in [0.1, 0.15) is 10.6 Å². The van der Waals surface area contributed by atoms with Crippen LogP contribution >= 0.6 is 11.3 Å². The van der Waals surface area contributed by atoms with Crippen LogP contribution in [0.1, 0.15) is 28.9 Å². The topological polar surface area (TPSA) is 76.7 Å². The number of thiophene rings is 1. The number of methoxy groups -OCH3 is 1. The van der Waals surface area contributed by atoms with Crippen LogP contribution in [0.25, 0.3) is 10.4 Å². The minimum atomic E-state index is -0.273. The minimum absolute atomic E-state index is 0.273. The van der Waals surface area contributed by atoms with Crippen molar-refractivity contribution in [2.75, 3.05) is 12.8 Å². The molecule has 1 aromatic heterocycles. The monoisotopic (exact) mass is 355 g/mol.